The molecule has 6 nitrogen and oxygen atoms in total. The maximum Gasteiger partial charge on any atom is 0.307 e. The van der Waals surface area contributed by atoms with Crippen molar-refractivity contribution in [2.75, 3.05) is 19.7 Å². The standard InChI is InChI=1S/C17H19NO5S/c1-2-23-15-7-8-16(14-6-4-3-5-13(14)15)24(21,22)18-10-9-12(11-18)17(19)20/h3-8,12H,2,9-11H2,1H3,(H,19,20). The molecule has 2 aromatic rings. The molecule has 1 aliphatic rings. The van der Waals surface area contributed by atoms with E-state index in [0.717, 1.165) is 5.39 Å². The third-order valence-electron chi connectivity index (χ3n) is 4.26. The fourth-order valence-electron chi connectivity index (χ4n) is 3.04. The van der Waals surface area contributed by atoms with E-state index in [-0.39, 0.29) is 18.0 Å². The summed E-state index contributed by atoms with van der Waals surface area (Å²) in [5.74, 6) is -0.963. The van der Waals surface area contributed by atoms with E-state index in [1.54, 1.807) is 18.2 Å². The molecule has 1 unspecified atom stereocenters. The number of hydrogen-bond acceptors (Lipinski definition) is 4. The van der Waals surface area contributed by atoms with Crippen molar-refractivity contribution in [3.63, 3.8) is 0 Å². The normalized spacial score (nSPS) is 18.8. The van der Waals surface area contributed by atoms with Crippen molar-refractivity contribution in [2.24, 2.45) is 5.92 Å². The molecule has 0 aromatic heterocycles. The SMILES string of the molecule is CCOc1ccc(S(=O)(=O)N2CCC(C(=O)O)C2)c2ccccc12. The van der Waals surface area contributed by atoms with E-state index >= 15 is 0 Å². The Morgan fingerprint density at radius 3 is 2.58 bits per heavy atom. The van der Waals surface area contributed by atoms with Gasteiger partial charge in [-0.3, -0.25) is 4.79 Å². The summed E-state index contributed by atoms with van der Waals surface area (Å²) in [5.41, 5.74) is 0. The Hall–Kier alpha value is -2.12. The first-order valence-corrected chi connectivity index (χ1v) is 9.26. The summed E-state index contributed by atoms with van der Waals surface area (Å²) in [6, 6.07) is 10.4. The number of nitrogens with zero attached hydrogens (tertiary/aromatic N) is 1. The maximum atomic E-state index is 13.0. The second-order valence-electron chi connectivity index (χ2n) is 5.73. The molecule has 1 atom stereocenters. The molecule has 1 heterocycles. The quantitative estimate of drug-likeness (QED) is 0.896. The monoisotopic (exact) mass is 349 g/mol. The molecule has 0 aliphatic carbocycles. The lowest BCUT2D eigenvalue weighted by atomic mass is 10.1. The van der Waals surface area contributed by atoms with Gasteiger partial charge >= 0.3 is 5.97 Å². The number of fused-ring (bicyclic) bond motifs is 1. The molecule has 3 rings (SSSR count). The molecule has 24 heavy (non-hydrogen) atoms. The number of sulfonamides is 1. The topological polar surface area (TPSA) is 83.9 Å². The van der Waals surface area contributed by atoms with Crippen LogP contribution in [-0.4, -0.2) is 43.5 Å². The zero-order valence-corrected chi connectivity index (χ0v) is 14.1. The van der Waals surface area contributed by atoms with Crippen molar-refractivity contribution in [2.45, 2.75) is 18.2 Å². The summed E-state index contributed by atoms with van der Waals surface area (Å²) in [6.07, 6.45) is 0.337. The van der Waals surface area contributed by atoms with Gasteiger partial charge in [-0.05, 0) is 25.5 Å². The summed E-state index contributed by atoms with van der Waals surface area (Å²) in [6.45, 7) is 2.60. The number of ether oxygens (including phenoxy) is 1. The zero-order chi connectivity index (χ0) is 17.3. The Kier molecular flexibility index (Phi) is 4.47. The second kappa shape index (κ2) is 6.41. The molecule has 2 aromatic carbocycles. The third kappa shape index (κ3) is 2.85. The molecule has 0 radical (unpaired) electrons. The van der Waals surface area contributed by atoms with Crippen molar-refractivity contribution < 1.29 is 23.1 Å². The highest BCUT2D eigenvalue weighted by Gasteiger charge is 2.36. The Morgan fingerprint density at radius 2 is 1.96 bits per heavy atom. The molecule has 0 spiro atoms. The van der Waals surface area contributed by atoms with E-state index in [1.165, 1.54) is 10.4 Å². The molecule has 0 amide bonds. The maximum absolute atomic E-state index is 13.0. The van der Waals surface area contributed by atoms with Crippen LogP contribution >= 0.6 is 0 Å². The molecule has 1 fully saturated rings. The van der Waals surface area contributed by atoms with Crippen LogP contribution in [0.5, 0.6) is 5.75 Å². The van der Waals surface area contributed by atoms with Gasteiger partial charge in [-0.15, -0.1) is 0 Å². The number of carboxylic acid groups (broad SMARTS) is 1. The van der Waals surface area contributed by atoms with Gasteiger partial charge in [0.1, 0.15) is 5.75 Å². The van der Waals surface area contributed by atoms with E-state index in [0.29, 0.717) is 24.2 Å². The molecular weight excluding hydrogens is 330 g/mol. The zero-order valence-electron chi connectivity index (χ0n) is 13.3. The van der Waals surface area contributed by atoms with E-state index in [2.05, 4.69) is 0 Å². The van der Waals surface area contributed by atoms with Crippen molar-refractivity contribution in [1.82, 2.24) is 4.31 Å². The predicted octanol–water partition coefficient (Wildman–Crippen LogP) is 2.33. The van der Waals surface area contributed by atoms with Gasteiger partial charge in [-0.2, -0.15) is 4.31 Å². The van der Waals surface area contributed by atoms with Crippen LogP contribution in [-0.2, 0) is 14.8 Å². The molecule has 0 saturated carbocycles. The van der Waals surface area contributed by atoms with E-state index < -0.39 is 21.9 Å². The summed E-state index contributed by atoms with van der Waals surface area (Å²) in [5, 5.41) is 10.4. The highest BCUT2D eigenvalue weighted by molar-refractivity contribution is 7.89. The minimum absolute atomic E-state index is 0.0131. The second-order valence-corrected chi connectivity index (χ2v) is 7.63. The van der Waals surface area contributed by atoms with Crippen LogP contribution in [0.15, 0.2) is 41.3 Å². The van der Waals surface area contributed by atoms with Crippen LogP contribution in [0, 0.1) is 5.92 Å². The Bertz CT molecular complexity index is 878. The summed E-state index contributed by atoms with van der Waals surface area (Å²) < 4.78 is 32.8. The average molecular weight is 349 g/mol. The molecule has 7 heteroatoms. The number of benzene rings is 2. The van der Waals surface area contributed by atoms with Crippen molar-refractivity contribution in [3.8, 4) is 5.75 Å². The molecule has 0 bridgehead atoms. The largest absolute Gasteiger partial charge is 0.493 e. The first kappa shape index (κ1) is 16.7. The van der Waals surface area contributed by atoms with Crippen LogP contribution < -0.4 is 4.74 Å². The Morgan fingerprint density at radius 1 is 1.25 bits per heavy atom. The highest BCUT2D eigenvalue weighted by atomic mass is 32.2. The van der Waals surface area contributed by atoms with Gasteiger partial charge in [0.25, 0.3) is 0 Å². The van der Waals surface area contributed by atoms with Crippen LogP contribution in [0.4, 0.5) is 0 Å². The third-order valence-corrected chi connectivity index (χ3v) is 6.19. The summed E-state index contributed by atoms with van der Waals surface area (Å²) in [4.78, 5) is 11.3. The van der Waals surface area contributed by atoms with Gasteiger partial charge in [0.05, 0.1) is 17.4 Å². The van der Waals surface area contributed by atoms with Gasteiger partial charge in [0.15, 0.2) is 0 Å². The Labute approximate surface area is 140 Å². The number of carbonyl (C=O) groups is 1. The average Bonchev–Trinajstić information content (AvgIpc) is 3.06. The summed E-state index contributed by atoms with van der Waals surface area (Å²) in [7, 11) is -3.75. The predicted molar refractivity (Wildman–Crippen MR) is 89.6 cm³/mol. The molecule has 1 N–H and O–H groups in total. The fraction of sp³-hybridized carbons (Fsp3) is 0.353. The number of aliphatic carboxylic acids is 1. The first-order valence-electron chi connectivity index (χ1n) is 7.82. The van der Waals surface area contributed by atoms with E-state index in [9.17, 15) is 13.2 Å². The number of hydrogen-bond donors (Lipinski definition) is 1. The van der Waals surface area contributed by atoms with Crippen molar-refractivity contribution in [3.05, 3.63) is 36.4 Å². The van der Waals surface area contributed by atoms with Gasteiger partial charge in [0, 0.05) is 23.9 Å². The number of rotatable bonds is 5. The number of carboxylic acids is 1. The molecule has 1 saturated heterocycles. The van der Waals surface area contributed by atoms with Gasteiger partial charge < -0.3 is 9.84 Å². The minimum Gasteiger partial charge on any atom is -0.493 e. The first-order chi connectivity index (χ1) is 11.4. The van der Waals surface area contributed by atoms with Crippen LogP contribution in [0.1, 0.15) is 13.3 Å². The van der Waals surface area contributed by atoms with E-state index in [1.807, 2.05) is 19.1 Å². The van der Waals surface area contributed by atoms with Crippen LogP contribution in [0.3, 0.4) is 0 Å². The fourth-order valence-corrected chi connectivity index (χ4v) is 4.73. The van der Waals surface area contributed by atoms with Gasteiger partial charge in [-0.1, -0.05) is 24.3 Å². The van der Waals surface area contributed by atoms with Gasteiger partial charge in [-0.25, -0.2) is 8.42 Å². The van der Waals surface area contributed by atoms with Gasteiger partial charge in [0.2, 0.25) is 10.0 Å². The molecular formula is C17H19NO5S. The summed E-state index contributed by atoms with van der Waals surface area (Å²) >= 11 is 0. The minimum atomic E-state index is -3.75. The van der Waals surface area contributed by atoms with Crippen molar-refractivity contribution in [1.29, 1.82) is 0 Å². The van der Waals surface area contributed by atoms with Crippen molar-refractivity contribution >= 4 is 26.8 Å². The lowest BCUT2D eigenvalue weighted by Gasteiger charge is -2.18. The smallest absolute Gasteiger partial charge is 0.307 e. The van der Waals surface area contributed by atoms with E-state index in [4.69, 9.17) is 9.84 Å². The lowest BCUT2D eigenvalue weighted by Crippen LogP contribution is -2.30. The lowest BCUT2D eigenvalue weighted by molar-refractivity contribution is -0.141. The Balaban J connectivity index is 2.06. The highest BCUT2D eigenvalue weighted by Crippen LogP contribution is 2.34. The molecule has 1 aliphatic heterocycles. The molecule has 128 valence electrons. The van der Waals surface area contributed by atoms with Crippen LogP contribution in [0.25, 0.3) is 10.8 Å². The van der Waals surface area contributed by atoms with Crippen LogP contribution in [0.2, 0.25) is 0 Å².